The van der Waals surface area contributed by atoms with E-state index >= 15 is 0 Å². The molecule has 2 nitrogen and oxygen atoms in total. The van der Waals surface area contributed by atoms with Crippen molar-refractivity contribution in [1.29, 1.82) is 0 Å². The summed E-state index contributed by atoms with van der Waals surface area (Å²) in [5.41, 5.74) is 0. The number of carbonyl (C=O) groups excluding carboxylic acids is 1. The summed E-state index contributed by atoms with van der Waals surface area (Å²) in [5, 5.41) is 0. The molecule has 1 aliphatic rings. The number of alkyl halides is 3. The number of piperidine rings is 1. The van der Waals surface area contributed by atoms with Crippen LogP contribution in [0.3, 0.4) is 0 Å². The topological polar surface area (TPSA) is 20.3 Å². The van der Waals surface area contributed by atoms with Crippen LogP contribution in [0.4, 0.5) is 13.2 Å². The Hall–Kier alpha value is -0.580. The lowest BCUT2D eigenvalue weighted by atomic mass is 9.92. The Morgan fingerprint density at radius 3 is 2.15 bits per heavy atom. The SMILES string of the molecule is CN1CCC(C(=O)C(F)(F)F)CC1. The fourth-order valence-electron chi connectivity index (χ4n) is 1.50. The molecule has 0 aromatic heterocycles. The smallest absolute Gasteiger partial charge is 0.306 e. The summed E-state index contributed by atoms with van der Waals surface area (Å²) in [7, 11) is 1.84. The molecule has 0 spiro atoms. The van der Waals surface area contributed by atoms with Gasteiger partial charge in [0.1, 0.15) is 0 Å². The van der Waals surface area contributed by atoms with Crippen LogP contribution in [0.15, 0.2) is 0 Å². The number of halogens is 3. The fraction of sp³-hybridized carbons (Fsp3) is 0.875. The average Bonchev–Trinajstić information content (AvgIpc) is 2.03. The van der Waals surface area contributed by atoms with Crippen molar-refractivity contribution in [2.45, 2.75) is 19.0 Å². The molecule has 0 radical (unpaired) electrons. The van der Waals surface area contributed by atoms with Crippen LogP contribution in [0.5, 0.6) is 0 Å². The van der Waals surface area contributed by atoms with Crippen molar-refractivity contribution < 1.29 is 18.0 Å². The van der Waals surface area contributed by atoms with Crippen molar-refractivity contribution >= 4 is 5.78 Å². The first-order chi connectivity index (χ1) is 5.91. The highest BCUT2D eigenvalue weighted by molar-refractivity contribution is 5.86. The van der Waals surface area contributed by atoms with Crippen LogP contribution in [-0.2, 0) is 4.79 Å². The Labute approximate surface area is 74.7 Å². The Bertz CT molecular complexity index is 194. The standard InChI is InChI=1S/C8H12F3NO/c1-12-4-2-6(3-5-12)7(13)8(9,10)11/h6H,2-5H2,1H3. The molecule has 1 rings (SSSR count). The first-order valence-corrected chi connectivity index (χ1v) is 4.21. The minimum absolute atomic E-state index is 0.328. The number of rotatable bonds is 1. The Morgan fingerprint density at radius 1 is 1.31 bits per heavy atom. The van der Waals surface area contributed by atoms with E-state index in [1.807, 2.05) is 11.9 Å². The van der Waals surface area contributed by atoms with Gasteiger partial charge >= 0.3 is 6.18 Å². The molecule has 1 aliphatic heterocycles. The maximum absolute atomic E-state index is 12.0. The van der Waals surface area contributed by atoms with E-state index in [0.29, 0.717) is 25.9 Å². The Kier molecular flexibility index (Phi) is 2.95. The average molecular weight is 195 g/mol. The second-order valence-corrected chi connectivity index (χ2v) is 3.44. The van der Waals surface area contributed by atoms with Crippen LogP contribution in [-0.4, -0.2) is 37.0 Å². The number of hydrogen-bond donors (Lipinski definition) is 0. The lowest BCUT2D eigenvalue weighted by Gasteiger charge is -2.28. The summed E-state index contributed by atoms with van der Waals surface area (Å²) in [6.45, 7) is 1.15. The van der Waals surface area contributed by atoms with Gasteiger partial charge in [-0.05, 0) is 33.0 Å². The molecular weight excluding hydrogens is 183 g/mol. The highest BCUT2D eigenvalue weighted by Gasteiger charge is 2.43. The van der Waals surface area contributed by atoms with Gasteiger partial charge in [-0.1, -0.05) is 0 Å². The molecule has 0 N–H and O–H groups in total. The van der Waals surface area contributed by atoms with Gasteiger partial charge in [0.25, 0.3) is 0 Å². The second-order valence-electron chi connectivity index (χ2n) is 3.44. The zero-order chi connectivity index (χ0) is 10.1. The second kappa shape index (κ2) is 3.65. The van der Waals surface area contributed by atoms with E-state index in [1.54, 1.807) is 0 Å². The molecule has 1 heterocycles. The maximum atomic E-state index is 12.0. The molecule has 0 amide bonds. The molecule has 0 saturated carbocycles. The first kappa shape index (κ1) is 10.5. The van der Waals surface area contributed by atoms with Crippen LogP contribution in [0, 0.1) is 5.92 Å². The third-order valence-electron chi connectivity index (χ3n) is 2.37. The molecular formula is C8H12F3NO. The number of likely N-dealkylation sites (tertiary alicyclic amines) is 1. The monoisotopic (exact) mass is 195 g/mol. The van der Waals surface area contributed by atoms with Crippen LogP contribution in [0.1, 0.15) is 12.8 Å². The normalized spacial score (nSPS) is 21.8. The number of nitrogens with zero attached hydrogens (tertiary/aromatic N) is 1. The van der Waals surface area contributed by atoms with Gasteiger partial charge < -0.3 is 4.90 Å². The van der Waals surface area contributed by atoms with Crippen molar-refractivity contribution in [3.63, 3.8) is 0 Å². The quantitative estimate of drug-likeness (QED) is 0.631. The van der Waals surface area contributed by atoms with Crippen LogP contribution in [0.25, 0.3) is 0 Å². The molecule has 1 fully saturated rings. The lowest BCUT2D eigenvalue weighted by Crippen LogP contribution is -2.38. The zero-order valence-electron chi connectivity index (χ0n) is 7.40. The van der Waals surface area contributed by atoms with E-state index in [4.69, 9.17) is 0 Å². The molecule has 76 valence electrons. The first-order valence-electron chi connectivity index (χ1n) is 4.21. The molecule has 0 aromatic carbocycles. The summed E-state index contributed by atoms with van der Waals surface area (Å²) in [5.74, 6) is -2.36. The third-order valence-corrected chi connectivity index (χ3v) is 2.37. The predicted octanol–water partition coefficient (Wildman–Crippen LogP) is 1.46. The number of Topliss-reactive ketones (excluding diaryl/α,β-unsaturated/α-hetero) is 1. The largest absolute Gasteiger partial charge is 0.450 e. The van der Waals surface area contributed by atoms with E-state index in [2.05, 4.69) is 0 Å². The summed E-state index contributed by atoms with van der Waals surface area (Å²) in [4.78, 5) is 12.7. The molecule has 0 bridgehead atoms. The van der Waals surface area contributed by atoms with Gasteiger partial charge in [-0.3, -0.25) is 4.79 Å². The van der Waals surface area contributed by atoms with Crippen molar-refractivity contribution in [1.82, 2.24) is 4.90 Å². The molecule has 0 unspecified atom stereocenters. The van der Waals surface area contributed by atoms with E-state index in [9.17, 15) is 18.0 Å². The van der Waals surface area contributed by atoms with Gasteiger partial charge in [0, 0.05) is 5.92 Å². The Morgan fingerprint density at radius 2 is 1.77 bits per heavy atom. The predicted molar refractivity (Wildman–Crippen MR) is 41.3 cm³/mol. The maximum Gasteiger partial charge on any atom is 0.450 e. The molecule has 0 aromatic rings. The van der Waals surface area contributed by atoms with Crippen molar-refractivity contribution in [3.8, 4) is 0 Å². The molecule has 13 heavy (non-hydrogen) atoms. The van der Waals surface area contributed by atoms with Crippen molar-refractivity contribution in [2.24, 2.45) is 5.92 Å². The van der Waals surface area contributed by atoms with Crippen molar-refractivity contribution in [3.05, 3.63) is 0 Å². The van der Waals surface area contributed by atoms with Gasteiger partial charge in [-0.2, -0.15) is 13.2 Å². The van der Waals surface area contributed by atoms with Crippen LogP contribution in [0.2, 0.25) is 0 Å². The molecule has 1 saturated heterocycles. The summed E-state index contributed by atoms with van der Waals surface area (Å²) < 4.78 is 35.9. The number of hydrogen-bond acceptors (Lipinski definition) is 2. The minimum Gasteiger partial charge on any atom is -0.306 e. The van der Waals surface area contributed by atoms with E-state index in [0.717, 1.165) is 0 Å². The summed E-state index contributed by atoms with van der Waals surface area (Å²) in [6, 6.07) is 0. The Balaban J connectivity index is 2.50. The third kappa shape index (κ3) is 2.69. The van der Waals surface area contributed by atoms with E-state index in [-0.39, 0.29) is 0 Å². The molecule has 0 aliphatic carbocycles. The lowest BCUT2D eigenvalue weighted by molar-refractivity contribution is -0.176. The zero-order valence-corrected chi connectivity index (χ0v) is 7.40. The van der Waals surface area contributed by atoms with Gasteiger partial charge in [-0.15, -0.1) is 0 Å². The van der Waals surface area contributed by atoms with Crippen LogP contribution >= 0.6 is 0 Å². The minimum atomic E-state index is -4.65. The van der Waals surface area contributed by atoms with Gasteiger partial charge in [0.15, 0.2) is 0 Å². The van der Waals surface area contributed by atoms with Gasteiger partial charge in [-0.25, -0.2) is 0 Å². The van der Waals surface area contributed by atoms with Crippen LogP contribution < -0.4 is 0 Å². The highest BCUT2D eigenvalue weighted by Crippen LogP contribution is 2.27. The number of carbonyl (C=O) groups is 1. The van der Waals surface area contributed by atoms with Crippen molar-refractivity contribution in [2.75, 3.05) is 20.1 Å². The fourth-order valence-corrected chi connectivity index (χ4v) is 1.50. The summed E-state index contributed by atoms with van der Waals surface area (Å²) >= 11 is 0. The van der Waals surface area contributed by atoms with E-state index < -0.39 is 17.9 Å². The summed E-state index contributed by atoms with van der Waals surface area (Å²) in [6.07, 6.45) is -4.00. The van der Waals surface area contributed by atoms with E-state index in [1.165, 1.54) is 0 Å². The molecule has 0 atom stereocenters. The van der Waals surface area contributed by atoms with Gasteiger partial charge in [0.2, 0.25) is 5.78 Å². The molecule has 5 heteroatoms. The number of ketones is 1. The van der Waals surface area contributed by atoms with Gasteiger partial charge in [0.05, 0.1) is 0 Å². The highest BCUT2D eigenvalue weighted by atomic mass is 19.4.